The summed E-state index contributed by atoms with van der Waals surface area (Å²) in [7, 11) is 0. The van der Waals surface area contributed by atoms with Crippen LogP contribution >= 0.6 is 11.6 Å². The summed E-state index contributed by atoms with van der Waals surface area (Å²) >= 11 is 6.13. The lowest BCUT2D eigenvalue weighted by Crippen LogP contribution is -2.54. The molecule has 1 aliphatic rings. The van der Waals surface area contributed by atoms with Gasteiger partial charge in [-0.1, -0.05) is 24.6 Å². The van der Waals surface area contributed by atoms with Crippen molar-refractivity contribution in [3.8, 4) is 0 Å². The summed E-state index contributed by atoms with van der Waals surface area (Å²) in [4.78, 5) is 14.0. The first-order valence-electron chi connectivity index (χ1n) is 7.17. The van der Waals surface area contributed by atoms with E-state index in [1.807, 2.05) is 25.1 Å². The van der Waals surface area contributed by atoms with E-state index in [4.69, 9.17) is 11.6 Å². The van der Waals surface area contributed by atoms with Crippen molar-refractivity contribution in [3.05, 3.63) is 28.8 Å². The molecule has 0 saturated carbocycles. The van der Waals surface area contributed by atoms with E-state index in [1.165, 1.54) is 5.56 Å². The number of carbonyl (C=O) groups excluding carboxylic acids is 1. The third kappa shape index (κ3) is 3.44. The molecule has 1 amide bonds. The van der Waals surface area contributed by atoms with Crippen LogP contribution in [0.4, 0.5) is 5.69 Å². The zero-order chi connectivity index (χ0) is 14.5. The maximum atomic E-state index is 11.8. The van der Waals surface area contributed by atoms with Crippen LogP contribution in [0, 0.1) is 0 Å². The number of hydrogen-bond donors (Lipinski definition) is 2. The molecule has 1 aliphatic heterocycles. The molecular weight excluding hydrogens is 274 g/mol. The highest BCUT2D eigenvalue weighted by atomic mass is 35.5. The van der Waals surface area contributed by atoms with Crippen LogP contribution in [0.25, 0.3) is 0 Å². The quantitative estimate of drug-likeness (QED) is 0.818. The molecule has 5 heteroatoms. The fourth-order valence-electron chi connectivity index (χ4n) is 2.47. The van der Waals surface area contributed by atoms with Crippen molar-refractivity contribution < 1.29 is 4.79 Å². The van der Waals surface area contributed by atoms with Gasteiger partial charge in [0.05, 0.1) is 0 Å². The molecule has 20 heavy (non-hydrogen) atoms. The maximum absolute atomic E-state index is 11.8. The minimum atomic E-state index is -0.160. The lowest BCUT2D eigenvalue weighted by Gasteiger charge is -2.36. The van der Waals surface area contributed by atoms with Crippen LogP contribution in [0.2, 0.25) is 5.02 Å². The molecule has 1 unspecified atom stereocenters. The summed E-state index contributed by atoms with van der Waals surface area (Å²) < 4.78 is 0. The molecule has 2 N–H and O–H groups in total. The molecule has 0 bridgehead atoms. The van der Waals surface area contributed by atoms with Gasteiger partial charge in [0.2, 0.25) is 5.91 Å². The van der Waals surface area contributed by atoms with E-state index in [1.54, 1.807) is 0 Å². The third-order valence-electron chi connectivity index (χ3n) is 3.60. The Hall–Kier alpha value is -1.26. The van der Waals surface area contributed by atoms with Crippen molar-refractivity contribution >= 4 is 23.2 Å². The average molecular weight is 296 g/mol. The summed E-state index contributed by atoms with van der Waals surface area (Å²) in [6.45, 7) is 7.35. The van der Waals surface area contributed by atoms with E-state index in [9.17, 15) is 4.79 Å². The highest BCUT2D eigenvalue weighted by molar-refractivity contribution is 6.30. The minimum absolute atomic E-state index is 0.0729. The van der Waals surface area contributed by atoms with Gasteiger partial charge in [0, 0.05) is 30.3 Å². The lowest BCUT2D eigenvalue weighted by molar-refractivity contribution is -0.122. The van der Waals surface area contributed by atoms with E-state index >= 15 is 0 Å². The molecule has 1 saturated heterocycles. The molecule has 0 spiro atoms. The van der Waals surface area contributed by atoms with Crippen molar-refractivity contribution in [1.29, 1.82) is 0 Å². The predicted octanol–water partition coefficient (Wildman–Crippen LogP) is 2.16. The van der Waals surface area contributed by atoms with Crippen LogP contribution < -0.4 is 15.5 Å². The van der Waals surface area contributed by atoms with Crippen molar-refractivity contribution in [2.45, 2.75) is 32.9 Å². The highest BCUT2D eigenvalue weighted by Crippen LogP contribution is 2.27. The second kappa shape index (κ2) is 6.95. The van der Waals surface area contributed by atoms with Gasteiger partial charge in [0.25, 0.3) is 0 Å². The summed E-state index contributed by atoms with van der Waals surface area (Å²) in [5.74, 6) is 0.0729. The Labute approximate surface area is 125 Å². The Morgan fingerprint density at radius 3 is 3.05 bits per heavy atom. The number of amides is 1. The normalized spacial score (nSPS) is 19.1. The molecule has 4 nitrogen and oxygen atoms in total. The van der Waals surface area contributed by atoms with Gasteiger partial charge in [0.15, 0.2) is 0 Å². The maximum Gasteiger partial charge on any atom is 0.242 e. The number of nitrogens with zero attached hydrogens (tertiary/aromatic N) is 1. The molecule has 1 aromatic carbocycles. The summed E-state index contributed by atoms with van der Waals surface area (Å²) in [5.41, 5.74) is 2.24. The molecule has 1 fully saturated rings. The number of anilines is 1. The Morgan fingerprint density at radius 2 is 2.30 bits per heavy atom. The Morgan fingerprint density at radius 1 is 1.50 bits per heavy atom. The van der Waals surface area contributed by atoms with Gasteiger partial charge < -0.3 is 15.5 Å². The second-order valence-electron chi connectivity index (χ2n) is 5.11. The Bertz CT molecular complexity index is 478. The molecular formula is C15H22ClN3O. The first kappa shape index (κ1) is 15.1. The molecule has 0 aromatic heterocycles. The first-order chi connectivity index (χ1) is 9.63. The number of piperazine rings is 1. The smallest absolute Gasteiger partial charge is 0.242 e. The fraction of sp³-hybridized carbons (Fsp3) is 0.533. The third-order valence-corrected chi connectivity index (χ3v) is 3.83. The molecule has 1 heterocycles. The number of hydrogen-bond acceptors (Lipinski definition) is 3. The van der Waals surface area contributed by atoms with Gasteiger partial charge in [0.1, 0.15) is 6.04 Å². The molecule has 0 aliphatic carbocycles. The minimum Gasteiger partial charge on any atom is -0.358 e. The van der Waals surface area contributed by atoms with Crippen molar-refractivity contribution in [2.24, 2.45) is 0 Å². The summed E-state index contributed by atoms with van der Waals surface area (Å²) in [5, 5.41) is 7.00. The molecule has 0 radical (unpaired) electrons. The van der Waals surface area contributed by atoms with Crippen LogP contribution in [-0.2, 0) is 11.3 Å². The van der Waals surface area contributed by atoms with Crippen molar-refractivity contribution in [2.75, 3.05) is 24.5 Å². The molecule has 110 valence electrons. The van der Waals surface area contributed by atoms with E-state index in [2.05, 4.69) is 22.5 Å². The first-order valence-corrected chi connectivity index (χ1v) is 7.54. The van der Waals surface area contributed by atoms with Crippen molar-refractivity contribution in [1.82, 2.24) is 10.6 Å². The molecule has 1 aromatic rings. The largest absolute Gasteiger partial charge is 0.358 e. The zero-order valence-electron chi connectivity index (χ0n) is 12.1. The SMILES string of the molecule is CCCNCc1ccc(Cl)cc1N1CCNC(=O)C1C. The van der Waals surface area contributed by atoms with Crippen LogP contribution in [0.15, 0.2) is 18.2 Å². The predicted molar refractivity (Wildman–Crippen MR) is 83.3 cm³/mol. The second-order valence-corrected chi connectivity index (χ2v) is 5.55. The van der Waals surface area contributed by atoms with Crippen molar-refractivity contribution in [3.63, 3.8) is 0 Å². The van der Waals surface area contributed by atoms with Gasteiger partial charge in [-0.25, -0.2) is 0 Å². The number of halogens is 1. The van der Waals surface area contributed by atoms with Gasteiger partial charge in [-0.15, -0.1) is 0 Å². The topological polar surface area (TPSA) is 44.4 Å². The van der Waals surface area contributed by atoms with E-state index in [-0.39, 0.29) is 11.9 Å². The lowest BCUT2D eigenvalue weighted by atomic mass is 10.1. The summed E-state index contributed by atoms with van der Waals surface area (Å²) in [6.07, 6.45) is 1.10. The van der Waals surface area contributed by atoms with Crippen LogP contribution in [0.3, 0.4) is 0 Å². The molecule has 2 rings (SSSR count). The number of nitrogens with one attached hydrogen (secondary N) is 2. The van der Waals surface area contributed by atoms with Gasteiger partial charge in [-0.05, 0) is 37.6 Å². The Balaban J connectivity index is 2.23. The van der Waals surface area contributed by atoms with E-state index < -0.39 is 0 Å². The monoisotopic (exact) mass is 295 g/mol. The summed E-state index contributed by atoms with van der Waals surface area (Å²) in [6, 6.07) is 5.74. The van der Waals surface area contributed by atoms with Gasteiger partial charge in [-0.2, -0.15) is 0 Å². The van der Waals surface area contributed by atoms with Gasteiger partial charge in [-0.3, -0.25) is 4.79 Å². The number of carbonyl (C=O) groups is 1. The number of rotatable bonds is 5. The van der Waals surface area contributed by atoms with Crippen LogP contribution in [0.5, 0.6) is 0 Å². The highest BCUT2D eigenvalue weighted by Gasteiger charge is 2.27. The number of benzene rings is 1. The van der Waals surface area contributed by atoms with Gasteiger partial charge >= 0.3 is 0 Å². The average Bonchev–Trinajstić information content (AvgIpc) is 2.44. The van der Waals surface area contributed by atoms with E-state index in [0.717, 1.165) is 31.7 Å². The Kier molecular flexibility index (Phi) is 5.26. The zero-order valence-corrected chi connectivity index (χ0v) is 12.8. The molecule has 1 atom stereocenters. The van der Waals surface area contributed by atoms with Crippen LogP contribution in [0.1, 0.15) is 25.8 Å². The standard InChI is InChI=1S/C15H22ClN3O/c1-3-6-17-10-12-4-5-13(16)9-14(12)19-8-7-18-15(20)11(19)2/h4-5,9,11,17H,3,6-8,10H2,1-2H3,(H,18,20). The van der Waals surface area contributed by atoms with E-state index in [0.29, 0.717) is 11.6 Å². The van der Waals surface area contributed by atoms with Crippen LogP contribution in [-0.4, -0.2) is 31.6 Å². The fourth-order valence-corrected chi connectivity index (χ4v) is 2.63.